The number of aromatic nitrogens is 1. The van der Waals surface area contributed by atoms with E-state index in [1.807, 2.05) is 30.5 Å². The van der Waals surface area contributed by atoms with Gasteiger partial charge in [0, 0.05) is 35.7 Å². The number of pyridine rings is 1. The van der Waals surface area contributed by atoms with Crippen molar-refractivity contribution < 1.29 is 9.90 Å². The molecule has 1 N–H and O–H groups in total. The summed E-state index contributed by atoms with van der Waals surface area (Å²) in [6.07, 6.45) is 8.40. The molecule has 2 aromatic rings. The zero-order valence-corrected chi connectivity index (χ0v) is 14.7. The Hall–Kier alpha value is -2.40. The smallest absolute Gasteiger partial charge is 0.303 e. The molecule has 0 atom stereocenters. The molecular weight excluding hydrogens is 332 g/mol. The van der Waals surface area contributed by atoms with Gasteiger partial charge in [0.15, 0.2) is 0 Å². The number of aliphatic imine (C=N–C) groups is 1. The molecule has 0 bridgehead atoms. The number of nitrogens with zero attached hydrogens (tertiary/aromatic N) is 2. The Morgan fingerprint density at radius 1 is 1.12 bits per heavy atom. The Morgan fingerprint density at radius 3 is 2.76 bits per heavy atom. The van der Waals surface area contributed by atoms with E-state index in [-0.39, 0.29) is 6.42 Å². The van der Waals surface area contributed by atoms with Crippen LogP contribution in [-0.4, -0.2) is 27.5 Å². The van der Waals surface area contributed by atoms with E-state index in [0.717, 1.165) is 46.5 Å². The van der Waals surface area contributed by atoms with Crippen LogP contribution < -0.4 is 0 Å². The van der Waals surface area contributed by atoms with Gasteiger partial charge in [-0.1, -0.05) is 24.3 Å². The number of hydrogen-bond acceptors (Lipinski definition) is 4. The standard InChI is InChI=1S/C20H20N2O2S/c23-20(24)9-3-1-2-6-14-15-10-11-21-12-17(15)19(13-25)22-18-8-5-4-7-16(14)18/h4-8,10-12,25H,1-3,9,13H2,(H,23,24). The molecule has 128 valence electrons. The van der Waals surface area contributed by atoms with Gasteiger partial charge < -0.3 is 5.11 Å². The number of thiol groups is 1. The fraction of sp³-hybridized carbons (Fsp3) is 0.250. The first-order valence-corrected chi connectivity index (χ1v) is 8.98. The quantitative estimate of drug-likeness (QED) is 0.593. The summed E-state index contributed by atoms with van der Waals surface area (Å²) in [6, 6.07) is 10.1. The maximum atomic E-state index is 10.7. The molecule has 1 aliphatic rings. The number of fused-ring (bicyclic) bond motifs is 2. The van der Waals surface area contributed by atoms with E-state index in [1.165, 1.54) is 0 Å². The van der Waals surface area contributed by atoms with Crippen LogP contribution in [0.1, 0.15) is 42.4 Å². The molecule has 0 unspecified atom stereocenters. The van der Waals surface area contributed by atoms with E-state index < -0.39 is 5.97 Å². The fourth-order valence-corrected chi connectivity index (χ4v) is 3.26. The van der Waals surface area contributed by atoms with Gasteiger partial charge in [-0.05, 0) is 42.5 Å². The molecule has 0 spiro atoms. The van der Waals surface area contributed by atoms with Crippen molar-refractivity contribution >= 4 is 35.6 Å². The van der Waals surface area contributed by atoms with Gasteiger partial charge in [0.05, 0.1) is 11.4 Å². The van der Waals surface area contributed by atoms with E-state index in [0.29, 0.717) is 12.2 Å². The zero-order chi connectivity index (χ0) is 17.6. The highest BCUT2D eigenvalue weighted by Gasteiger charge is 2.19. The van der Waals surface area contributed by atoms with Crippen LogP contribution in [0.3, 0.4) is 0 Å². The summed E-state index contributed by atoms with van der Waals surface area (Å²) < 4.78 is 0. The normalized spacial score (nSPS) is 14.4. The van der Waals surface area contributed by atoms with Gasteiger partial charge in [-0.25, -0.2) is 0 Å². The van der Waals surface area contributed by atoms with Gasteiger partial charge in [0.1, 0.15) is 0 Å². The third kappa shape index (κ3) is 3.99. The summed E-state index contributed by atoms with van der Waals surface area (Å²) >= 11 is 4.44. The lowest BCUT2D eigenvalue weighted by Gasteiger charge is -2.11. The summed E-state index contributed by atoms with van der Waals surface area (Å²) in [6.45, 7) is 0. The number of para-hydroxylation sites is 1. The topological polar surface area (TPSA) is 62.5 Å². The molecule has 5 heteroatoms. The van der Waals surface area contributed by atoms with Crippen LogP contribution in [0.2, 0.25) is 0 Å². The number of hydrogen-bond donors (Lipinski definition) is 2. The second-order valence-electron chi connectivity index (χ2n) is 5.91. The highest BCUT2D eigenvalue weighted by atomic mass is 32.1. The number of benzene rings is 1. The highest BCUT2D eigenvalue weighted by molar-refractivity contribution is 7.81. The Morgan fingerprint density at radius 2 is 1.96 bits per heavy atom. The molecule has 2 heterocycles. The van der Waals surface area contributed by atoms with Crippen LogP contribution in [-0.2, 0) is 4.79 Å². The zero-order valence-electron chi connectivity index (χ0n) is 13.9. The molecule has 1 aromatic carbocycles. The number of carboxylic acids is 1. The third-order valence-corrected chi connectivity index (χ3v) is 4.51. The van der Waals surface area contributed by atoms with Gasteiger partial charge in [0.2, 0.25) is 0 Å². The maximum Gasteiger partial charge on any atom is 0.303 e. The van der Waals surface area contributed by atoms with Crippen molar-refractivity contribution in [2.45, 2.75) is 25.7 Å². The highest BCUT2D eigenvalue weighted by Crippen LogP contribution is 2.37. The van der Waals surface area contributed by atoms with Crippen LogP contribution in [0.4, 0.5) is 5.69 Å². The van der Waals surface area contributed by atoms with Crippen LogP contribution in [0.25, 0.3) is 5.57 Å². The molecule has 1 aromatic heterocycles. The average Bonchev–Trinajstić information content (AvgIpc) is 2.76. The lowest BCUT2D eigenvalue weighted by atomic mass is 9.93. The first kappa shape index (κ1) is 17.4. The summed E-state index contributed by atoms with van der Waals surface area (Å²) in [5, 5.41) is 8.77. The molecule has 0 saturated carbocycles. The van der Waals surface area contributed by atoms with Crippen LogP contribution in [0.15, 0.2) is 53.8 Å². The first-order valence-electron chi connectivity index (χ1n) is 8.35. The molecule has 0 fully saturated rings. The second kappa shape index (κ2) is 8.12. The minimum absolute atomic E-state index is 0.215. The molecule has 1 aliphatic heterocycles. The molecule has 0 aliphatic carbocycles. The summed E-state index contributed by atoms with van der Waals surface area (Å²) in [4.78, 5) is 19.7. The Balaban J connectivity index is 2.00. The van der Waals surface area contributed by atoms with Crippen LogP contribution >= 0.6 is 12.6 Å². The summed E-state index contributed by atoms with van der Waals surface area (Å²) in [7, 11) is 0. The van der Waals surface area contributed by atoms with Crippen molar-refractivity contribution in [3.63, 3.8) is 0 Å². The van der Waals surface area contributed by atoms with Crippen molar-refractivity contribution in [1.82, 2.24) is 4.98 Å². The van der Waals surface area contributed by atoms with Gasteiger partial charge >= 0.3 is 5.97 Å². The molecule has 3 rings (SSSR count). The lowest BCUT2D eigenvalue weighted by Crippen LogP contribution is -2.05. The molecule has 0 radical (unpaired) electrons. The monoisotopic (exact) mass is 352 g/mol. The Labute approximate surface area is 152 Å². The Bertz CT molecular complexity index is 843. The average molecular weight is 352 g/mol. The Kier molecular flexibility index (Phi) is 5.66. The van der Waals surface area contributed by atoms with E-state index >= 15 is 0 Å². The van der Waals surface area contributed by atoms with Gasteiger partial charge in [-0.3, -0.25) is 14.8 Å². The second-order valence-corrected chi connectivity index (χ2v) is 6.23. The molecular formula is C20H20N2O2S. The fourth-order valence-electron chi connectivity index (χ4n) is 3.02. The summed E-state index contributed by atoms with van der Waals surface area (Å²) in [5.41, 5.74) is 6.16. The van der Waals surface area contributed by atoms with Crippen LogP contribution in [0.5, 0.6) is 0 Å². The SMILES string of the molecule is O=C(O)CCCCC=C1c2ccccc2N=C(CS)c2cnccc21. The largest absolute Gasteiger partial charge is 0.481 e. The van der Waals surface area contributed by atoms with E-state index in [9.17, 15) is 4.79 Å². The van der Waals surface area contributed by atoms with Gasteiger partial charge in [0.25, 0.3) is 0 Å². The number of rotatable bonds is 6. The minimum Gasteiger partial charge on any atom is -0.481 e. The predicted octanol–water partition coefficient (Wildman–Crippen LogP) is 4.52. The lowest BCUT2D eigenvalue weighted by molar-refractivity contribution is -0.137. The van der Waals surface area contributed by atoms with E-state index in [1.54, 1.807) is 6.20 Å². The molecule has 25 heavy (non-hydrogen) atoms. The van der Waals surface area contributed by atoms with Crippen molar-refractivity contribution in [2.75, 3.05) is 5.75 Å². The minimum atomic E-state index is -0.740. The number of aliphatic carboxylic acids is 1. The molecule has 4 nitrogen and oxygen atoms in total. The van der Waals surface area contributed by atoms with Crippen molar-refractivity contribution in [1.29, 1.82) is 0 Å². The van der Waals surface area contributed by atoms with Crippen molar-refractivity contribution in [3.05, 3.63) is 65.5 Å². The number of carboxylic acid groups (broad SMARTS) is 1. The third-order valence-electron chi connectivity index (χ3n) is 4.21. The van der Waals surface area contributed by atoms with Gasteiger partial charge in [-0.2, -0.15) is 12.6 Å². The van der Waals surface area contributed by atoms with Crippen molar-refractivity contribution in [2.24, 2.45) is 4.99 Å². The van der Waals surface area contributed by atoms with Crippen molar-refractivity contribution in [3.8, 4) is 0 Å². The van der Waals surface area contributed by atoms with E-state index in [2.05, 4.69) is 29.8 Å². The first-order chi connectivity index (χ1) is 12.2. The van der Waals surface area contributed by atoms with Gasteiger partial charge in [-0.15, -0.1) is 0 Å². The molecule has 0 saturated heterocycles. The van der Waals surface area contributed by atoms with E-state index in [4.69, 9.17) is 10.1 Å². The number of unbranched alkanes of at least 4 members (excludes halogenated alkanes) is 2. The predicted molar refractivity (Wildman–Crippen MR) is 104 cm³/mol. The number of allylic oxidation sites excluding steroid dienone is 1. The number of carbonyl (C=O) groups is 1. The maximum absolute atomic E-state index is 10.7. The molecule has 0 amide bonds. The van der Waals surface area contributed by atoms with Crippen LogP contribution in [0, 0.1) is 0 Å². The summed E-state index contributed by atoms with van der Waals surface area (Å²) in [5.74, 6) is -0.199.